The van der Waals surface area contributed by atoms with Gasteiger partial charge in [-0.1, -0.05) is 30.4 Å². The lowest BCUT2D eigenvalue weighted by Crippen LogP contribution is -1.90. The molecule has 0 radical (unpaired) electrons. The highest BCUT2D eigenvalue weighted by Crippen LogP contribution is 2.37. The highest BCUT2D eigenvalue weighted by Gasteiger charge is 2.19. The van der Waals surface area contributed by atoms with Crippen LogP contribution >= 0.6 is 0 Å². The molecule has 0 nitrogen and oxygen atoms in total. The largest absolute Gasteiger partial charge is 0.0870 e. The lowest BCUT2D eigenvalue weighted by molar-refractivity contribution is 1.06. The van der Waals surface area contributed by atoms with E-state index in [-0.39, 0.29) is 0 Å². The topological polar surface area (TPSA) is 0 Å². The Kier molecular flexibility index (Phi) is 2.77. The van der Waals surface area contributed by atoms with E-state index < -0.39 is 0 Å². The summed E-state index contributed by atoms with van der Waals surface area (Å²) in [6.07, 6.45) is 9.02. The van der Waals surface area contributed by atoms with Crippen LogP contribution in [0.5, 0.6) is 0 Å². The number of aryl methyl sites for hydroxylation is 1. The summed E-state index contributed by atoms with van der Waals surface area (Å²) >= 11 is 0. The van der Waals surface area contributed by atoms with Crippen LogP contribution in [0.4, 0.5) is 0 Å². The number of fused-ring (bicyclic) bond motifs is 1. The van der Waals surface area contributed by atoms with E-state index in [9.17, 15) is 0 Å². The molecule has 0 N–H and O–H groups in total. The standard InChI is InChI=1S/C15H18/c1-4-6-13-8-7-11(3)14-10-9-12(5-2)15(13)14/h4-8H,9-10H2,1-3H3. The van der Waals surface area contributed by atoms with Crippen LogP contribution in [0.1, 0.15) is 42.5 Å². The first-order valence-electron chi connectivity index (χ1n) is 5.68. The van der Waals surface area contributed by atoms with Gasteiger partial charge < -0.3 is 0 Å². The van der Waals surface area contributed by atoms with Crippen molar-refractivity contribution < 1.29 is 0 Å². The van der Waals surface area contributed by atoms with Crippen LogP contribution in [-0.4, -0.2) is 0 Å². The van der Waals surface area contributed by atoms with Gasteiger partial charge in [-0.3, -0.25) is 0 Å². The SMILES string of the molecule is CC=Cc1ccc(C)c2c1C(=CC)CC2. The van der Waals surface area contributed by atoms with Crippen LogP contribution < -0.4 is 0 Å². The summed E-state index contributed by atoms with van der Waals surface area (Å²) in [4.78, 5) is 0. The minimum Gasteiger partial charge on any atom is -0.0870 e. The Hall–Kier alpha value is -1.30. The van der Waals surface area contributed by atoms with Gasteiger partial charge in [0.2, 0.25) is 0 Å². The molecule has 0 aromatic heterocycles. The second-order valence-electron chi connectivity index (χ2n) is 4.14. The third kappa shape index (κ3) is 1.65. The zero-order chi connectivity index (χ0) is 10.8. The molecule has 0 fully saturated rings. The van der Waals surface area contributed by atoms with Crippen LogP contribution in [-0.2, 0) is 6.42 Å². The fraction of sp³-hybridized carbons (Fsp3) is 0.333. The molecule has 0 bridgehead atoms. The van der Waals surface area contributed by atoms with E-state index >= 15 is 0 Å². The fourth-order valence-electron chi connectivity index (χ4n) is 2.46. The van der Waals surface area contributed by atoms with Crippen molar-refractivity contribution in [2.24, 2.45) is 0 Å². The quantitative estimate of drug-likeness (QED) is 0.628. The van der Waals surface area contributed by atoms with Crippen molar-refractivity contribution >= 4 is 11.6 Å². The molecule has 0 saturated carbocycles. The van der Waals surface area contributed by atoms with E-state index in [0.717, 1.165) is 0 Å². The molecule has 0 aliphatic heterocycles. The smallest absolute Gasteiger partial charge is 0.0120 e. The minimum absolute atomic E-state index is 1.21. The third-order valence-electron chi connectivity index (χ3n) is 3.24. The maximum absolute atomic E-state index is 2.26. The van der Waals surface area contributed by atoms with E-state index in [1.807, 2.05) is 0 Å². The van der Waals surface area contributed by atoms with Crippen LogP contribution in [0, 0.1) is 6.92 Å². The second-order valence-corrected chi connectivity index (χ2v) is 4.14. The Morgan fingerprint density at radius 3 is 2.60 bits per heavy atom. The maximum atomic E-state index is 2.26. The van der Waals surface area contributed by atoms with E-state index in [1.165, 1.54) is 35.1 Å². The number of allylic oxidation sites excluding steroid dienone is 3. The van der Waals surface area contributed by atoms with Crippen LogP contribution in [0.15, 0.2) is 24.3 Å². The zero-order valence-electron chi connectivity index (χ0n) is 9.80. The molecule has 2 rings (SSSR count). The summed E-state index contributed by atoms with van der Waals surface area (Å²) in [5.74, 6) is 0. The Balaban J connectivity index is 2.66. The molecule has 1 aliphatic rings. The molecule has 0 heteroatoms. The first-order valence-corrected chi connectivity index (χ1v) is 5.68. The molecule has 1 aliphatic carbocycles. The van der Waals surface area contributed by atoms with Crippen molar-refractivity contribution in [2.75, 3.05) is 0 Å². The molecule has 1 aromatic carbocycles. The molecular weight excluding hydrogens is 180 g/mol. The summed E-state index contributed by atoms with van der Waals surface area (Å²) in [6.45, 7) is 6.44. The average molecular weight is 198 g/mol. The van der Waals surface area contributed by atoms with Crippen LogP contribution in [0.2, 0.25) is 0 Å². The summed E-state index contributed by atoms with van der Waals surface area (Å²) < 4.78 is 0. The maximum Gasteiger partial charge on any atom is -0.0120 e. The van der Waals surface area contributed by atoms with Gasteiger partial charge in [-0.15, -0.1) is 0 Å². The Morgan fingerprint density at radius 2 is 1.93 bits per heavy atom. The van der Waals surface area contributed by atoms with E-state index in [2.05, 4.69) is 51.1 Å². The first kappa shape index (κ1) is 10.2. The van der Waals surface area contributed by atoms with Crippen molar-refractivity contribution in [1.29, 1.82) is 0 Å². The normalized spacial score (nSPS) is 17.7. The van der Waals surface area contributed by atoms with Gasteiger partial charge in [0.25, 0.3) is 0 Å². The number of benzene rings is 1. The Labute approximate surface area is 92.3 Å². The van der Waals surface area contributed by atoms with Gasteiger partial charge in [0.15, 0.2) is 0 Å². The summed E-state index contributed by atoms with van der Waals surface area (Å²) in [5, 5.41) is 0. The highest BCUT2D eigenvalue weighted by molar-refractivity contribution is 5.80. The van der Waals surface area contributed by atoms with E-state index in [4.69, 9.17) is 0 Å². The highest BCUT2D eigenvalue weighted by atomic mass is 14.2. The third-order valence-corrected chi connectivity index (χ3v) is 3.24. The average Bonchev–Trinajstić information content (AvgIpc) is 2.67. The molecule has 0 saturated heterocycles. The second kappa shape index (κ2) is 4.06. The minimum atomic E-state index is 1.21. The van der Waals surface area contributed by atoms with Gasteiger partial charge in [0.1, 0.15) is 0 Å². The van der Waals surface area contributed by atoms with Crippen molar-refractivity contribution in [1.82, 2.24) is 0 Å². The lowest BCUT2D eigenvalue weighted by atomic mass is 9.96. The van der Waals surface area contributed by atoms with Crippen LogP contribution in [0.3, 0.4) is 0 Å². The van der Waals surface area contributed by atoms with Crippen molar-refractivity contribution in [3.8, 4) is 0 Å². The van der Waals surface area contributed by atoms with Crippen LogP contribution in [0.25, 0.3) is 11.6 Å². The predicted octanol–water partition coefficient (Wildman–Crippen LogP) is 4.38. The molecule has 0 atom stereocenters. The monoisotopic (exact) mass is 198 g/mol. The molecule has 0 unspecified atom stereocenters. The molecule has 15 heavy (non-hydrogen) atoms. The van der Waals surface area contributed by atoms with Gasteiger partial charge in [-0.05, 0) is 61.4 Å². The summed E-state index contributed by atoms with van der Waals surface area (Å²) in [5.41, 5.74) is 7.38. The van der Waals surface area contributed by atoms with E-state index in [1.54, 1.807) is 5.56 Å². The lowest BCUT2D eigenvalue weighted by Gasteiger charge is -2.08. The van der Waals surface area contributed by atoms with Gasteiger partial charge in [-0.25, -0.2) is 0 Å². The Morgan fingerprint density at radius 1 is 1.13 bits per heavy atom. The van der Waals surface area contributed by atoms with Crippen molar-refractivity contribution in [2.45, 2.75) is 33.6 Å². The molecule has 0 spiro atoms. The summed E-state index contributed by atoms with van der Waals surface area (Å²) in [6, 6.07) is 4.48. The molecule has 1 aromatic rings. The predicted molar refractivity (Wildman–Crippen MR) is 67.9 cm³/mol. The molecule has 78 valence electrons. The first-order chi connectivity index (χ1) is 7.27. The van der Waals surface area contributed by atoms with Gasteiger partial charge >= 0.3 is 0 Å². The van der Waals surface area contributed by atoms with E-state index in [0.29, 0.717) is 0 Å². The van der Waals surface area contributed by atoms with Gasteiger partial charge in [0, 0.05) is 0 Å². The zero-order valence-corrected chi connectivity index (χ0v) is 9.80. The molecule has 0 amide bonds. The fourth-order valence-corrected chi connectivity index (χ4v) is 2.46. The van der Waals surface area contributed by atoms with Gasteiger partial charge in [-0.2, -0.15) is 0 Å². The van der Waals surface area contributed by atoms with Crippen molar-refractivity contribution in [3.05, 3.63) is 46.5 Å². The molecule has 0 heterocycles. The van der Waals surface area contributed by atoms with Crippen molar-refractivity contribution in [3.63, 3.8) is 0 Å². The Bertz CT molecular complexity index is 434. The number of rotatable bonds is 1. The van der Waals surface area contributed by atoms with Gasteiger partial charge in [0.05, 0.1) is 0 Å². The summed E-state index contributed by atoms with van der Waals surface area (Å²) in [7, 11) is 0. The molecular formula is C15H18. The number of hydrogen-bond acceptors (Lipinski definition) is 0. The number of hydrogen-bond donors (Lipinski definition) is 0.